The third-order valence-electron chi connectivity index (χ3n) is 7.59. The van der Waals surface area contributed by atoms with Crippen LogP contribution < -0.4 is 0 Å². The molecule has 0 aliphatic heterocycles. The fourth-order valence-electron chi connectivity index (χ4n) is 6.41. The van der Waals surface area contributed by atoms with E-state index in [0.717, 1.165) is 18.4 Å². The lowest BCUT2D eigenvalue weighted by Crippen LogP contribution is -2.40. The molecule has 18 heavy (non-hydrogen) atoms. The molecule has 0 heterocycles. The van der Waals surface area contributed by atoms with Crippen LogP contribution in [-0.2, 0) is 4.74 Å². The number of hydrogen-bond donors (Lipinski definition) is 0. The largest absolute Gasteiger partial charge is 0.375 e. The van der Waals surface area contributed by atoms with Crippen LogP contribution >= 0.6 is 0 Å². The molecule has 104 valence electrons. The molecule has 1 spiro atoms. The van der Waals surface area contributed by atoms with E-state index in [2.05, 4.69) is 41.5 Å². The topological polar surface area (TPSA) is 9.23 Å². The van der Waals surface area contributed by atoms with Gasteiger partial charge in [-0.25, -0.2) is 0 Å². The third kappa shape index (κ3) is 1.10. The zero-order chi connectivity index (χ0) is 13.4. The fourth-order valence-corrected chi connectivity index (χ4v) is 6.41. The van der Waals surface area contributed by atoms with E-state index in [4.69, 9.17) is 4.74 Å². The van der Waals surface area contributed by atoms with E-state index in [-0.39, 0.29) is 5.60 Å². The third-order valence-corrected chi connectivity index (χ3v) is 7.59. The number of hydrogen-bond acceptors (Lipinski definition) is 1. The van der Waals surface area contributed by atoms with Gasteiger partial charge in [-0.2, -0.15) is 0 Å². The Morgan fingerprint density at radius 2 is 1.83 bits per heavy atom. The Hall–Kier alpha value is -0.0400. The van der Waals surface area contributed by atoms with Crippen LogP contribution in [-0.4, -0.2) is 12.2 Å². The second-order valence-corrected chi connectivity index (χ2v) is 8.28. The van der Waals surface area contributed by atoms with Gasteiger partial charge in [0.1, 0.15) is 0 Å². The summed E-state index contributed by atoms with van der Waals surface area (Å²) in [6, 6.07) is 0. The first kappa shape index (κ1) is 13.0. The van der Waals surface area contributed by atoms with Crippen LogP contribution in [0.4, 0.5) is 0 Å². The minimum atomic E-state index is 0.246. The van der Waals surface area contributed by atoms with Gasteiger partial charge in [-0.05, 0) is 48.9 Å². The number of ether oxygens (including phenoxy) is 1. The van der Waals surface area contributed by atoms with Crippen molar-refractivity contribution >= 4 is 0 Å². The van der Waals surface area contributed by atoms with Crippen molar-refractivity contribution in [3.05, 3.63) is 0 Å². The average molecular weight is 250 g/mol. The molecule has 0 N–H and O–H groups in total. The van der Waals surface area contributed by atoms with Gasteiger partial charge in [-0.3, -0.25) is 0 Å². The Labute approximate surface area is 113 Å². The molecule has 4 atom stereocenters. The summed E-state index contributed by atoms with van der Waals surface area (Å²) < 4.78 is 6.33. The maximum Gasteiger partial charge on any atom is 0.0754 e. The lowest BCUT2D eigenvalue weighted by atomic mass is 9.66. The molecular weight excluding hydrogens is 220 g/mol. The molecule has 3 aliphatic rings. The zero-order valence-electron chi connectivity index (χ0n) is 13.1. The van der Waals surface area contributed by atoms with E-state index in [1.54, 1.807) is 0 Å². The predicted molar refractivity (Wildman–Crippen MR) is 75.5 cm³/mol. The van der Waals surface area contributed by atoms with Gasteiger partial charge in [0.25, 0.3) is 0 Å². The van der Waals surface area contributed by atoms with Crippen LogP contribution in [0.2, 0.25) is 0 Å². The summed E-state index contributed by atoms with van der Waals surface area (Å²) in [5.74, 6) is 1.66. The van der Waals surface area contributed by atoms with Gasteiger partial charge >= 0.3 is 0 Å². The molecule has 1 heteroatoms. The van der Waals surface area contributed by atoms with Gasteiger partial charge in [0.05, 0.1) is 5.60 Å². The second kappa shape index (κ2) is 3.34. The molecule has 3 saturated carbocycles. The maximum absolute atomic E-state index is 6.33. The molecule has 3 rings (SSSR count). The van der Waals surface area contributed by atoms with Crippen molar-refractivity contribution in [2.75, 3.05) is 6.61 Å². The van der Waals surface area contributed by atoms with Crippen LogP contribution in [0.25, 0.3) is 0 Å². The van der Waals surface area contributed by atoms with Crippen molar-refractivity contribution < 1.29 is 4.74 Å². The van der Waals surface area contributed by atoms with Crippen LogP contribution in [0, 0.1) is 28.1 Å². The van der Waals surface area contributed by atoms with E-state index in [1.165, 1.54) is 25.7 Å². The average Bonchev–Trinajstić information content (AvgIpc) is 2.95. The van der Waals surface area contributed by atoms with Gasteiger partial charge in [-0.1, -0.05) is 41.0 Å². The highest BCUT2D eigenvalue weighted by molar-refractivity contribution is 5.32. The van der Waals surface area contributed by atoms with Crippen LogP contribution in [0.1, 0.15) is 67.2 Å². The fraction of sp³-hybridized carbons (Fsp3) is 1.00. The monoisotopic (exact) mass is 250 g/mol. The van der Waals surface area contributed by atoms with Crippen molar-refractivity contribution in [2.45, 2.75) is 72.8 Å². The SMILES string of the molecule is CCOC12CCCC3C(C)(C)C(C)C(C)(C)C31C2. The summed E-state index contributed by atoms with van der Waals surface area (Å²) in [5, 5.41) is 0. The Balaban J connectivity index is 2.08. The van der Waals surface area contributed by atoms with Crippen molar-refractivity contribution in [1.82, 2.24) is 0 Å². The smallest absolute Gasteiger partial charge is 0.0754 e. The van der Waals surface area contributed by atoms with Crippen molar-refractivity contribution in [3.63, 3.8) is 0 Å². The summed E-state index contributed by atoms with van der Waals surface area (Å²) in [7, 11) is 0. The van der Waals surface area contributed by atoms with E-state index >= 15 is 0 Å². The normalized spacial score (nSPS) is 51.7. The van der Waals surface area contributed by atoms with Gasteiger partial charge in [0, 0.05) is 12.0 Å². The highest BCUT2D eigenvalue weighted by atomic mass is 16.5. The van der Waals surface area contributed by atoms with Crippen molar-refractivity contribution in [3.8, 4) is 0 Å². The second-order valence-electron chi connectivity index (χ2n) is 8.28. The first-order chi connectivity index (χ1) is 8.26. The Kier molecular flexibility index (Phi) is 2.41. The standard InChI is InChI=1S/C17H30O/c1-7-18-16-10-8-9-13-14(3,4)12(2)15(5,6)17(13,16)11-16/h12-13H,7-11H2,1-6H3. The molecular formula is C17H30O. The van der Waals surface area contributed by atoms with Crippen LogP contribution in [0.3, 0.4) is 0 Å². The molecule has 3 aliphatic carbocycles. The van der Waals surface area contributed by atoms with E-state index < -0.39 is 0 Å². The summed E-state index contributed by atoms with van der Waals surface area (Å²) >= 11 is 0. The first-order valence-electron chi connectivity index (χ1n) is 7.90. The minimum absolute atomic E-state index is 0.246. The van der Waals surface area contributed by atoms with Crippen LogP contribution in [0.15, 0.2) is 0 Å². The first-order valence-corrected chi connectivity index (χ1v) is 7.90. The van der Waals surface area contributed by atoms with Gasteiger partial charge < -0.3 is 4.74 Å². The molecule has 0 aromatic rings. The summed E-state index contributed by atoms with van der Waals surface area (Å²) in [6.45, 7) is 15.6. The highest BCUT2D eigenvalue weighted by Crippen LogP contribution is 2.85. The van der Waals surface area contributed by atoms with Crippen molar-refractivity contribution in [1.29, 1.82) is 0 Å². The Bertz CT molecular complexity index is 366. The summed E-state index contributed by atoms with van der Waals surface area (Å²) in [5.41, 5.74) is 1.63. The lowest BCUT2D eigenvalue weighted by Gasteiger charge is -2.42. The van der Waals surface area contributed by atoms with Gasteiger partial charge in [0.15, 0.2) is 0 Å². The Morgan fingerprint density at radius 3 is 2.44 bits per heavy atom. The molecule has 0 aromatic heterocycles. The maximum atomic E-state index is 6.33. The Morgan fingerprint density at radius 1 is 1.17 bits per heavy atom. The van der Waals surface area contributed by atoms with Gasteiger partial charge in [0.2, 0.25) is 0 Å². The predicted octanol–water partition coefficient (Wildman–Crippen LogP) is 4.65. The molecule has 0 aromatic carbocycles. The molecule has 0 saturated heterocycles. The molecule has 4 unspecified atom stereocenters. The van der Waals surface area contributed by atoms with Crippen LogP contribution in [0.5, 0.6) is 0 Å². The highest BCUT2D eigenvalue weighted by Gasteiger charge is 2.84. The molecule has 0 amide bonds. The quantitative estimate of drug-likeness (QED) is 0.693. The van der Waals surface area contributed by atoms with E-state index in [1.807, 2.05) is 0 Å². The summed E-state index contributed by atoms with van der Waals surface area (Å²) in [6.07, 6.45) is 5.44. The minimum Gasteiger partial charge on any atom is -0.375 e. The number of rotatable bonds is 2. The van der Waals surface area contributed by atoms with E-state index in [0.29, 0.717) is 16.2 Å². The molecule has 0 bridgehead atoms. The molecule has 0 radical (unpaired) electrons. The van der Waals surface area contributed by atoms with Crippen molar-refractivity contribution in [2.24, 2.45) is 28.1 Å². The zero-order valence-corrected chi connectivity index (χ0v) is 13.1. The molecule has 1 nitrogen and oxygen atoms in total. The lowest BCUT2D eigenvalue weighted by molar-refractivity contribution is -0.0604. The summed E-state index contributed by atoms with van der Waals surface area (Å²) in [4.78, 5) is 0. The van der Waals surface area contributed by atoms with E-state index in [9.17, 15) is 0 Å². The molecule has 3 fully saturated rings. The van der Waals surface area contributed by atoms with Gasteiger partial charge in [-0.15, -0.1) is 0 Å².